The first-order valence-electron chi connectivity index (χ1n) is 8.41. The van der Waals surface area contributed by atoms with E-state index in [9.17, 15) is 19.5 Å². The summed E-state index contributed by atoms with van der Waals surface area (Å²) in [5.74, 6) is -3.35. The number of aromatic amines is 1. The van der Waals surface area contributed by atoms with E-state index in [4.69, 9.17) is 15.9 Å². The van der Waals surface area contributed by atoms with E-state index in [2.05, 4.69) is 20.3 Å². The number of aliphatic carboxylic acids is 2. The Labute approximate surface area is 167 Å². The molecule has 29 heavy (non-hydrogen) atoms. The van der Waals surface area contributed by atoms with Crippen LogP contribution in [0.1, 0.15) is 33.0 Å². The number of nitrogens with zero attached hydrogens (tertiary/aromatic N) is 2. The third-order valence-corrected chi connectivity index (χ3v) is 5.20. The predicted molar refractivity (Wildman–Crippen MR) is 103 cm³/mol. The number of nitrogens with one attached hydrogen (secondary N) is 2. The van der Waals surface area contributed by atoms with Crippen LogP contribution in [-0.2, 0) is 16.0 Å². The van der Waals surface area contributed by atoms with Crippen LogP contribution in [0.3, 0.4) is 0 Å². The molecule has 3 aromatic heterocycles. The monoisotopic (exact) mass is 419 g/mol. The SMILES string of the molecule is Nc1nc(O)c2c(Cc3ccc(C(=O)N[C@@H](CCC(=O)O)C(=O)O)s3)c[nH]c2n1. The number of H-pyrrole nitrogens is 1. The van der Waals surface area contributed by atoms with Crippen molar-refractivity contribution in [2.24, 2.45) is 0 Å². The van der Waals surface area contributed by atoms with Crippen molar-refractivity contribution in [1.29, 1.82) is 0 Å². The van der Waals surface area contributed by atoms with Gasteiger partial charge in [-0.25, -0.2) is 4.79 Å². The Hall–Kier alpha value is -3.67. The Morgan fingerprint density at radius 1 is 1.24 bits per heavy atom. The molecule has 0 saturated heterocycles. The summed E-state index contributed by atoms with van der Waals surface area (Å²) in [4.78, 5) is 45.9. The molecular formula is C17H17N5O6S. The highest BCUT2D eigenvalue weighted by molar-refractivity contribution is 7.14. The number of carbonyl (C=O) groups is 3. The Balaban J connectivity index is 1.73. The molecule has 0 aliphatic carbocycles. The first-order valence-corrected chi connectivity index (χ1v) is 9.23. The molecule has 0 aliphatic heterocycles. The molecule has 0 unspecified atom stereocenters. The minimum Gasteiger partial charge on any atom is -0.493 e. The van der Waals surface area contributed by atoms with E-state index < -0.39 is 23.9 Å². The van der Waals surface area contributed by atoms with Crippen molar-refractivity contribution >= 4 is 46.2 Å². The summed E-state index contributed by atoms with van der Waals surface area (Å²) in [6.45, 7) is 0. The van der Waals surface area contributed by atoms with E-state index in [1.165, 1.54) is 0 Å². The van der Waals surface area contributed by atoms with Gasteiger partial charge < -0.3 is 31.4 Å². The number of hydrogen-bond acceptors (Lipinski definition) is 8. The van der Waals surface area contributed by atoms with Crippen LogP contribution in [0.2, 0.25) is 0 Å². The summed E-state index contributed by atoms with van der Waals surface area (Å²) >= 11 is 1.15. The van der Waals surface area contributed by atoms with Gasteiger partial charge in [-0.15, -0.1) is 11.3 Å². The standard InChI is InChI=1S/C17H17N5O6S/c18-17-21-13-12(15(26)22-17)7(6-19-13)5-8-1-3-10(29-8)14(25)20-9(16(27)28)2-4-11(23)24/h1,3,6,9H,2,4-5H2,(H,20,25)(H,23,24)(H,27,28)(H4,18,19,21,22,26)/t9-/m0/s1. The van der Waals surface area contributed by atoms with Gasteiger partial charge in [0.25, 0.3) is 5.91 Å². The fourth-order valence-electron chi connectivity index (χ4n) is 2.77. The lowest BCUT2D eigenvalue weighted by Crippen LogP contribution is -2.40. The molecule has 3 aromatic rings. The molecule has 0 aromatic carbocycles. The lowest BCUT2D eigenvalue weighted by atomic mass is 10.1. The smallest absolute Gasteiger partial charge is 0.326 e. The quantitative estimate of drug-likeness (QED) is 0.308. The number of anilines is 1. The number of nitrogen functional groups attached to an aromatic ring is 1. The average Bonchev–Trinajstić information content (AvgIpc) is 3.25. The minimum absolute atomic E-state index is 0.0608. The average molecular weight is 419 g/mol. The van der Waals surface area contributed by atoms with Crippen molar-refractivity contribution in [2.45, 2.75) is 25.3 Å². The fraction of sp³-hybridized carbons (Fsp3) is 0.235. The third kappa shape index (κ3) is 4.60. The van der Waals surface area contributed by atoms with Crippen molar-refractivity contribution in [3.05, 3.63) is 33.6 Å². The molecule has 0 aliphatic rings. The summed E-state index contributed by atoms with van der Waals surface area (Å²) in [6.07, 6.45) is 1.44. The van der Waals surface area contributed by atoms with Crippen molar-refractivity contribution in [3.8, 4) is 5.88 Å². The van der Waals surface area contributed by atoms with Gasteiger partial charge in [0.15, 0.2) is 0 Å². The number of nitrogens with two attached hydrogens (primary N) is 1. The van der Waals surface area contributed by atoms with E-state index in [1.54, 1.807) is 18.3 Å². The maximum atomic E-state index is 12.3. The van der Waals surface area contributed by atoms with E-state index in [-0.39, 0.29) is 29.5 Å². The van der Waals surface area contributed by atoms with Crippen LogP contribution in [0, 0.1) is 0 Å². The van der Waals surface area contributed by atoms with Gasteiger partial charge in [0.05, 0.1) is 10.3 Å². The maximum Gasteiger partial charge on any atom is 0.326 e. The fourth-order valence-corrected chi connectivity index (χ4v) is 3.70. The highest BCUT2D eigenvalue weighted by atomic mass is 32.1. The normalized spacial score (nSPS) is 12.0. The maximum absolute atomic E-state index is 12.3. The number of aromatic hydroxyl groups is 1. The van der Waals surface area contributed by atoms with Gasteiger partial charge in [0.2, 0.25) is 11.8 Å². The third-order valence-electron chi connectivity index (χ3n) is 4.11. The summed E-state index contributed by atoms with van der Waals surface area (Å²) < 4.78 is 0. The van der Waals surface area contributed by atoms with Crippen molar-refractivity contribution < 1.29 is 29.7 Å². The highest BCUT2D eigenvalue weighted by Gasteiger charge is 2.22. The van der Waals surface area contributed by atoms with E-state index in [1.807, 2.05) is 0 Å². The van der Waals surface area contributed by atoms with Crippen LogP contribution in [0.25, 0.3) is 11.0 Å². The van der Waals surface area contributed by atoms with E-state index >= 15 is 0 Å². The Bertz CT molecular complexity index is 1090. The van der Waals surface area contributed by atoms with Gasteiger partial charge in [-0.3, -0.25) is 9.59 Å². The van der Waals surface area contributed by atoms with Crippen LogP contribution >= 0.6 is 11.3 Å². The summed E-state index contributed by atoms with van der Waals surface area (Å²) in [5.41, 5.74) is 6.60. The molecular weight excluding hydrogens is 402 g/mol. The van der Waals surface area contributed by atoms with E-state index in [0.29, 0.717) is 23.0 Å². The summed E-state index contributed by atoms with van der Waals surface area (Å²) in [7, 11) is 0. The Morgan fingerprint density at radius 2 is 2.00 bits per heavy atom. The highest BCUT2D eigenvalue weighted by Crippen LogP contribution is 2.29. The second-order valence-corrected chi connectivity index (χ2v) is 7.35. The van der Waals surface area contributed by atoms with Crippen LogP contribution in [0.15, 0.2) is 18.3 Å². The predicted octanol–water partition coefficient (Wildman–Crippen LogP) is 0.946. The van der Waals surface area contributed by atoms with Gasteiger partial charge in [-0.05, 0) is 24.1 Å². The zero-order valence-electron chi connectivity index (χ0n) is 14.9. The van der Waals surface area contributed by atoms with E-state index in [0.717, 1.165) is 16.2 Å². The molecule has 0 bridgehead atoms. The molecule has 152 valence electrons. The molecule has 7 N–H and O–H groups in total. The number of fused-ring (bicyclic) bond motifs is 1. The lowest BCUT2D eigenvalue weighted by molar-refractivity contribution is -0.140. The topological polar surface area (TPSA) is 192 Å². The van der Waals surface area contributed by atoms with Gasteiger partial charge in [0.1, 0.15) is 11.7 Å². The number of rotatable bonds is 8. The van der Waals surface area contributed by atoms with Crippen molar-refractivity contribution in [2.75, 3.05) is 5.73 Å². The molecule has 0 fully saturated rings. The van der Waals surface area contributed by atoms with Crippen molar-refractivity contribution in [1.82, 2.24) is 20.3 Å². The number of carboxylic acids is 2. The number of carboxylic acid groups (broad SMARTS) is 2. The second-order valence-electron chi connectivity index (χ2n) is 6.18. The minimum atomic E-state index is -1.30. The Kier molecular flexibility index (Phi) is 5.64. The molecule has 1 atom stereocenters. The molecule has 0 radical (unpaired) electrons. The zero-order valence-corrected chi connectivity index (χ0v) is 15.7. The van der Waals surface area contributed by atoms with Crippen LogP contribution < -0.4 is 11.1 Å². The molecule has 3 rings (SSSR count). The van der Waals surface area contributed by atoms with Gasteiger partial charge in [-0.1, -0.05) is 0 Å². The largest absolute Gasteiger partial charge is 0.493 e. The summed E-state index contributed by atoms with van der Waals surface area (Å²) in [6, 6.07) is 1.97. The molecule has 1 amide bonds. The van der Waals surface area contributed by atoms with Gasteiger partial charge in [-0.2, -0.15) is 9.97 Å². The molecule has 11 nitrogen and oxygen atoms in total. The van der Waals surface area contributed by atoms with Crippen LogP contribution in [0.4, 0.5) is 5.95 Å². The Morgan fingerprint density at radius 3 is 2.69 bits per heavy atom. The molecule has 3 heterocycles. The second kappa shape index (κ2) is 8.14. The van der Waals surface area contributed by atoms with Crippen LogP contribution in [-0.4, -0.2) is 54.2 Å². The molecule has 0 spiro atoms. The number of aromatic nitrogens is 3. The molecule has 0 saturated carbocycles. The van der Waals surface area contributed by atoms with Crippen molar-refractivity contribution in [3.63, 3.8) is 0 Å². The summed E-state index contributed by atoms with van der Waals surface area (Å²) in [5, 5.41) is 30.6. The van der Waals surface area contributed by atoms with Gasteiger partial charge in [0, 0.05) is 23.9 Å². The van der Waals surface area contributed by atoms with Gasteiger partial charge >= 0.3 is 11.9 Å². The number of hydrogen-bond donors (Lipinski definition) is 6. The first kappa shape index (κ1) is 20.1. The molecule has 12 heteroatoms. The lowest BCUT2D eigenvalue weighted by Gasteiger charge is -2.12. The number of carbonyl (C=O) groups excluding carboxylic acids is 1. The van der Waals surface area contributed by atoms with Crippen LogP contribution in [0.5, 0.6) is 5.88 Å². The zero-order chi connectivity index (χ0) is 21.1. The number of thiophene rings is 1. The number of amides is 1. The first-order chi connectivity index (χ1) is 13.7.